The van der Waals surface area contributed by atoms with Gasteiger partial charge in [0.15, 0.2) is 12.0 Å². The Kier molecular flexibility index (Phi) is 5.22. The average Bonchev–Trinajstić information content (AvgIpc) is 2.93. The van der Waals surface area contributed by atoms with Gasteiger partial charge in [-0.05, 0) is 18.4 Å². The van der Waals surface area contributed by atoms with E-state index in [1.165, 1.54) is 6.92 Å². The van der Waals surface area contributed by atoms with Gasteiger partial charge in [0.05, 0.1) is 12.1 Å². The summed E-state index contributed by atoms with van der Waals surface area (Å²) in [6.45, 7) is 5.15. The van der Waals surface area contributed by atoms with Gasteiger partial charge in [-0.25, -0.2) is 0 Å². The molecule has 0 aliphatic carbocycles. The van der Waals surface area contributed by atoms with Crippen molar-refractivity contribution in [3.8, 4) is 24.0 Å². The average molecular weight is 309 g/mol. The van der Waals surface area contributed by atoms with E-state index in [2.05, 4.69) is 35.9 Å². The maximum atomic E-state index is 10.7. The molecule has 0 aromatic carbocycles. The molecule has 5 nitrogen and oxygen atoms in total. The fraction of sp³-hybridized carbons (Fsp3) is 0.500. The fourth-order valence-corrected chi connectivity index (χ4v) is 3.20. The summed E-state index contributed by atoms with van der Waals surface area (Å²) in [4.78, 5) is 10.7. The van der Waals surface area contributed by atoms with Crippen molar-refractivity contribution in [3.05, 3.63) is 24.3 Å². The molecule has 1 saturated heterocycles. The highest BCUT2D eigenvalue weighted by Gasteiger charge is 2.45. The molecule has 0 saturated carbocycles. The quantitative estimate of drug-likeness (QED) is 0.486. The lowest BCUT2D eigenvalue weighted by Crippen LogP contribution is -2.42. The summed E-state index contributed by atoms with van der Waals surface area (Å²) in [6, 6.07) is 4.74. The van der Waals surface area contributed by atoms with E-state index in [1.807, 2.05) is 6.08 Å². The van der Waals surface area contributed by atoms with Crippen LogP contribution in [-0.4, -0.2) is 24.7 Å². The number of carbonyl (C=O) groups is 1. The Morgan fingerprint density at radius 3 is 2.83 bits per heavy atom. The minimum atomic E-state index is -1.29. The van der Waals surface area contributed by atoms with Crippen molar-refractivity contribution in [2.75, 3.05) is 6.61 Å². The van der Waals surface area contributed by atoms with E-state index in [-0.39, 0.29) is 31.0 Å². The number of rotatable bonds is 4. The van der Waals surface area contributed by atoms with Crippen LogP contribution in [0.1, 0.15) is 26.2 Å². The molecule has 2 rings (SSSR count). The van der Waals surface area contributed by atoms with Crippen molar-refractivity contribution >= 4 is 5.97 Å². The van der Waals surface area contributed by atoms with Crippen LogP contribution in [0, 0.1) is 45.8 Å². The Labute approximate surface area is 136 Å². The van der Waals surface area contributed by atoms with Crippen molar-refractivity contribution in [3.63, 3.8) is 0 Å². The van der Waals surface area contributed by atoms with E-state index >= 15 is 0 Å². The maximum Gasteiger partial charge on any atom is 0.303 e. The summed E-state index contributed by atoms with van der Waals surface area (Å²) >= 11 is 0. The summed E-state index contributed by atoms with van der Waals surface area (Å²) < 4.78 is 4.74. The van der Waals surface area contributed by atoms with Crippen LogP contribution < -0.4 is 5.32 Å². The van der Waals surface area contributed by atoms with Crippen LogP contribution in [0.25, 0.3) is 0 Å². The first-order valence-corrected chi connectivity index (χ1v) is 7.58. The Balaban J connectivity index is 2.23. The smallest absolute Gasteiger partial charge is 0.303 e. The lowest BCUT2D eigenvalue weighted by Gasteiger charge is -2.34. The molecule has 0 spiro atoms. The van der Waals surface area contributed by atoms with Crippen LogP contribution >= 0.6 is 0 Å². The van der Waals surface area contributed by atoms with Crippen LogP contribution in [0.15, 0.2) is 24.3 Å². The van der Waals surface area contributed by atoms with Gasteiger partial charge in [0, 0.05) is 31.3 Å². The normalized spacial score (nSPS) is 25.2. The molecule has 2 aliphatic heterocycles. The van der Waals surface area contributed by atoms with Gasteiger partial charge in [-0.15, -0.1) is 6.58 Å². The molecule has 1 fully saturated rings. The number of hydrogen-bond acceptors (Lipinski definition) is 5. The van der Waals surface area contributed by atoms with E-state index < -0.39 is 11.4 Å². The van der Waals surface area contributed by atoms with E-state index in [4.69, 9.17) is 4.74 Å². The van der Waals surface area contributed by atoms with E-state index in [9.17, 15) is 15.3 Å². The molecule has 23 heavy (non-hydrogen) atoms. The summed E-state index contributed by atoms with van der Waals surface area (Å²) in [5, 5.41) is 22.8. The molecule has 2 bridgehead atoms. The van der Waals surface area contributed by atoms with Gasteiger partial charge < -0.3 is 10.1 Å². The molecule has 1 N–H and O–H groups in total. The Bertz CT molecular complexity index is 655. The highest BCUT2D eigenvalue weighted by molar-refractivity contribution is 5.66. The first-order valence-electron chi connectivity index (χ1n) is 7.58. The zero-order valence-electron chi connectivity index (χ0n) is 13.1. The number of nitrogens with one attached hydrogen (secondary N) is 1. The Morgan fingerprint density at radius 2 is 2.22 bits per heavy atom. The van der Waals surface area contributed by atoms with Crippen molar-refractivity contribution < 1.29 is 9.53 Å². The van der Waals surface area contributed by atoms with Crippen molar-refractivity contribution in [2.45, 2.75) is 38.3 Å². The van der Waals surface area contributed by atoms with Crippen LogP contribution in [0.2, 0.25) is 0 Å². The highest BCUT2D eigenvalue weighted by atomic mass is 16.5. The lowest BCUT2D eigenvalue weighted by molar-refractivity contribution is -0.139. The SMILES string of the molecule is C=C[C@@H]1C(C(C#N)(C#N)CC#CCOC(C)=O)=C[C@H]2CCC1N2. The second kappa shape index (κ2) is 7.14. The van der Waals surface area contributed by atoms with Crippen LogP contribution in [0.5, 0.6) is 0 Å². The van der Waals surface area contributed by atoms with Gasteiger partial charge in [-0.1, -0.05) is 24.0 Å². The number of esters is 1. The van der Waals surface area contributed by atoms with E-state index in [0.29, 0.717) is 0 Å². The maximum absolute atomic E-state index is 10.7. The third-order valence-electron chi connectivity index (χ3n) is 4.34. The van der Waals surface area contributed by atoms with Gasteiger partial charge in [0.25, 0.3) is 0 Å². The van der Waals surface area contributed by atoms with Crippen LogP contribution in [0.3, 0.4) is 0 Å². The first-order chi connectivity index (χ1) is 11.1. The summed E-state index contributed by atoms with van der Waals surface area (Å²) in [7, 11) is 0. The molecule has 5 heteroatoms. The monoisotopic (exact) mass is 309 g/mol. The fourth-order valence-electron chi connectivity index (χ4n) is 3.20. The second-order valence-corrected chi connectivity index (χ2v) is 5.78. The zero-order valence-corrected chi connectivity index (χ0v) is 13.1. The first kappa shape index (κ1) is 16.8. The molecule has 1 unspecified atom stereocenters. The minimum Gasteiger partial charge on any atom is -0.453 e. The Hall–Kier alpha value is -2.55. The van der Waals surface area contributed by atoms with Gasteiger partial charge in [-0.2, -0.15) is 10.5 Å². The molecule has 2 heterocycles. The summed E-state index contributed by atoms with van der Waals surface area (Å²) in [5.41, 5.74) is -0.490. The number of ether oxygens (including phenoxy) is 1. The molecule has 118 valence electrons. The highest BCUT2D eigenvalue weighted by Crippen LogP contribution is 2.42. The molecular weight excluding hydrogens is 290 g/mol. The number of nitrogens with zero attached hydrogens (tertiary/aromatic N) is 2. The van der Waals surface area contributed by atoms with Gasteiger partial charge in [0.1, 0.15) is 0 Å². The van der Waals surface area contributed by atoms with E-state index in [0.717, 1.165) is 18.4 Å². The van der Waals surface area contributed by atoms with Crippen LogP contribution in [0.4, 0.5) is 0 Å². The van der Waals surface area contributed by atoms with Crippen molar-refractivity contribution in [1.29, 1.82) is 10.5 Å². The molecular formula is C18H19N3O2. The third kappa shape index (κ3) is 3.45. The molecule has 0 aromatic rings. The van der Waals surface area contributed by atoms with Gasteiger partial charge in [0.2, 0.25) is 0 Å². The number of carbonyl (C=O) groups excluding carboxylic acids is 1. The van der Waals surface area contributed by atoms with Crippen molar-refractivity contribution in [1.82, 2.24) is 5.32 Å². The van der Waals surface area contributed by atoms with Crippen molar-refractivity contribution in [2.24, 2.45) is 11.3 Å². The molecule has 2 aliphatic rings. The second-order valence-electron chi connectivity index (χ2n) is 5.78. The lowest BCUT2D eigenvalue weighted by atomic mass is 9.71. The largest absolute Gasteiger partial charge is 0.453 e. The molecule has 3 atom stereocenters. The third-order valence-corrected chi connectivity index (χ3v) is 4.34. The zero-order chi connectivity index (χ0) is 16.9. The summed E-state index contributed by atoms with van der Waals surface area (Å²) in [5.74, 6) is 5.05. The van der Waals surface area contributed by atoms with Gasteiger partial charge in [-0.3, -0.25) is 4.79 Å². The molecule has 0 radical (unpaired) electrons. The Morgan fingerprint density at radius 1 is 1.48 bits per heavy atom. The molecule has 0 aromatic heterocycles. The number of hydrogen-bond donors (Lipinski definition) is 1. The standard InChI is InChI=1S/C18H19N3O2/c1-3-15-16(10-14-6-7-17(15)21-14)18(11-19,12-20)8-4-5-9-23-13(2)22/h3,10,14-15,17,21H,1,6-9H2,2H3/t14-,15-,17?/m1/s1. The van der Waals surface area contributed by atoms with Crippen LogP contribution in [-0.2, 0) is 9.53 Å². The summed E-state index contributed by atoms with van der Waals surface area (Å²) in [6.07, 6.45) is 5.91. The molecule has 0 amide bonds. The number of fused-ring (bicyclic) bond motifs is 2. The minimum absolute atomic E-state index is 0.0288. The number of nitriles is 2. The van der Waals surface area contributed by atoms with E-state index in [1.54, 1.807) is 6.08 Å². The topological polar surface area (TPSA) is 85.9 Å². The predicted octanol–water partition coefficient (Wildman–Crippen LogP) is 1.84. The van der Waals surface area contributed by atoms with Gasteiger partial charge >= 0.3 is 5.97 Å². The predicted molar refractivity (Wildman–Crippen MR) is 84.4 cm³/mol.